The molecule has 0 bridgehead atoms. The predicted molar refractivity (Wildman–Crippen MR) is 71.3 cm³/mol. The molecule has 3 nitrogen and oxygen atoms in total. The van der Waals surface area contributed by atoms with Gasteiger partial charge in [-0.05, 0) is 11.5 Å². The van der Waals surface area contributed by atoms with Crippen molar-refractivity contribution < 1.29 is 9.53 Å². The third-order valence-electron chi connectivity index (χ3n) is 3.93. The first-order chi connectivity index (χ1) is 8.70. The van der Waals surface area contributed by atoms with Crippen LogP contribution in [0.15, 0.2) is 30.3 Å². The van der Waals surface area contributed by atoms with Gasteiger partial charge in [0.2, 0.25) is 0 Å². The maximum Gasteiger partial charge on any atom is 0.130 e. The van der Waals surface area contributed by atoms with Crippen LogP contribution in [0.4, 0.5) is 0 Å². The summed E-state index contributed by atoms with van der Waals surface area (Å²) in [5.41, 5.74) is 0.965. The van der Waals surface area contributed by atoms with Gasteiger partial charge in [-0.2, -0.15) is 0 Å². The molecule has 0 spiro atoms. The smallest absolute Gasteiger partial charge is 0.130 e. The first kappa shape index (κ1) is 13.2. The topological polar surface area (TPSA) is 29.5 Å². The Morgan fingerprint density at radius 3 is 2.78 bits per heavy atom. The highest BCUT2D eigenvalue weighted by atomic mass is 16.5. The highest BCUT2D eigenvalue weighted by Crippen LogP contribution is 2.35. The molecular formula is C15H21NO2. The molecule has 98 valence electrons. The highest BCUT2D eigenvalue weighted by molar-refractivity contribution is 5.61. The fraction of sp³-hybridized carbons (Fsp3) is 0.533. The third kappa shape index (κ3) is 2.62. The summed E-state index contributed by atoms with van der Waals surface area (Å²) < 4.78 is 5.23. The van der Waals surface area contributed by atoms with Gasteiger partial charge in [-0.25, -0.2) is 0 Å². The predicted octanol–water partition coefficient (Wildman–Crippen LogP) is 1.97. The van der Waals surface area contributed by atoms with Gasteiger partial charge >= 0.3 is 0 Å². The Bertz CT molecular complexity index is 393. The number of rotatable bonds is 5. The van der Waals surface area contributed by atoms with E-state index >= 15 is 0 Å². The van der Waals surface area contributed by atoms with Crippen molar-refractivity contribution in [2.75, 3.05) is 26.8 Å². The molecule has 1 saturated heterocycles. The van der Waals surface area contributed by atoms with E-state index in [0.29, 0.717) is 12.5 Å². The fourth-order valence-electron chi connectivity index (χ4n) is 2.81. The van der Waals surface area contributed by atoms with Crippen LogP contribution < -0.4 is 0 Å². The van der Waals surface area contributed by atoms with Crippen molar-refractivity contribution in [3.05, 3.63) is 35.9 Å². The Morgan fingerprint density at radius 1 is 1.44 bits per heavy atom. The normalized spacial score (nSPS) is 28.4. The van der Waals surface area contributed by atoms with Crippen LogP contribution in [-0.4, -0.2) is 38.0 Å². The maximum atomic E-state index is 11.4. The van der Waals surface area contributed by atoms with E-state index in [4.69, 9.17) is 4.74 Å². The van der Waals surface area contributed by atoms with E-state index in [1.54, 1.807) is 7.11 Å². The van der Waals surface area contributed by atoms with Crippen LogP contribution >= 0.6 is 0 Å². The minimum atomic E-state index is -0.330. The minimum Gasteiger partial charge on any atom is -0.384 e. The second-order valence-corrected chi connectivity index (χ2v) is 5.34. The number of hydrogen-bond acceptors (Lipinski definition) is 3. The fourth-order valence-corrected chi connectivity index (χ4v) is 2.81. The molecule has 0 aromatic heterocycles. The van der Waals surface area contributed by atoms with Crippen LogP contribution in [0.5, 0.6) is 0 Å². The van der Waals surface area contributed by atoms with E-state index in [1.165, 1.54) is 5.56 Å². The molecule has 1 aliphatic heterocycles. The van der Waals surface area contributed by atoms with Gasteiger partial charge in [-0.15, -0.1) is 0 Å². The lowest BCUT2D eigenvalue weighted by atomic mass is 9.81. The molecule has 0 amide bonds. The first-order valence-electron chi connectivity index (χ1n) is 6.42. The SMILES string of the molecule is COCC1(C=O)CN(Cc2ccccc2)CC1C. The molecule has 1 fully saturated rings. The maximum absolute atomic E-state index is 11.4. The number of nitrogens with zero attached hydrogens (tertiary/aromatic N) is 1. The number of ether oxygens (including phenoxy) is 1. The van der Waals surface area contributed by atoms with Gasteiger partial charge in [0.25, 0.3) is 0 Å². The van der Waals surface area contributed by atoms with Crippen LogP contribution in [0, 0.1) is 11.3 Å². The number of hydrogen-bond donors (Lipinski definition) is 0. The van der Waals surface area contributed by atoms with Crippen molar-refractivity contribution in [2.24, 2.45) is 11.3 Å². The molecule has 2 rings (SSSR count). The van der Waals surface area contributed by atoms with Gasteiger partial charge in [-0.3, -0.25) is 4.90 Å². The van der Waals surface area contributed by atoms with E-state index in [0.717, 1.165) is 25.9 Å². The van der Waals surface area contributed by atoms with Crippen LogP contribution in [0.25, 0.3) is 0 Å². The van der Waals surface area contributed by atoms with Gasteiger partial charge in [0.15, 0.2) is 0 Å². The van der Waals surface area contributed by atoms with E-state index in [1.807, 2.05) is 6.07 Å². The van der Waals surface area contributed by atoms with Gasteiger partial charge in [0.1, 0.15) is 6.29 Å². The number of likely N-dealkylation sites (tertiary alicyclic amines) is 1. The molecule has 0 aliphatic carbocycles. The van der Waals surface area contributed by atoms with Crippen LogP contribution in [-0.2, 0) is 16.1 Å². The summed E-state index contributed by atoms with van der Waals surface area (Å²) in [6.07, 6.45) is 1.09. The van der Waals surface area contributed by atoms with Crippen LogP contribution in [0.1, 0.15) is 12.5 Å². The van der Waals surface area contributed by atoms with Crippen molar-refractivity contribution in [2.45, 2.75) is 13.5 Å². The summed E-state index contributed by atoms with van der Waals surface area (Å²) in [6, 6.07) is 10.4. The Hall–Kier alpha value is -1.19. The number of carbonyl (C=O) groups excluding carboxylic acids is 1. The Labute approximate surface area is 109 Å². The lowest BCUT2D eigenvalue weighted by molar-refractivity contribution is -0.120. The van der Waals surface area contributed by atoms with Crippen molar-refractivity contribution >= 4 is 6.29 Å². The van der Waals surface area contributed by atoms with Gasteiger partial charge in [0.05, 0.1) is 12.0 Å². The van der Waals surface area contributed by atoms with E-state index < -0.39 is 0 Å². The monoisotopic (exact) mass is 247 g/mol. The zero-order chi connectivity index (χ0) is 13.0. The van der Waals surface area contributed by atoms with Gasteiger partial charge in [-0.1, -0.05) is 37.3 Å². The molecule has 1 aliphatic rings. The third-order valence-corrected chi connectivity index (χ3v) is 3.93. The summed E-state index contributed by atoms with van der Waals surface area (Å²) in [5.74, 6) is 0.346. The second-order valence-electron chi connectivity index (χ2n) is 5.34. The summed E-state index contributed by atoms with van der Waals surface area (Å²) in [7, 11) is 1.66. The molecule has 1 heterocycles. The summed E-state index contributed by atoms with van der Waals surface area (Å²) in [5, 5.41) is 0. The van der Waals surface area contributed by atoms with Gasteiger partial charge in [0, 0.05) is 26.7 Å². The summed E-state index contributed by atoms with van der Waals surface area (Å²) in [4.78, 5) is 13.8. The molecule has 2 atom stereocenters. The zero-order valence-electron chi connectivity index (χ0n) is 11.1. The van der Waals surface area contributed by atoms with Crippen molar-refractivity contribution in [3.8, 4) is 0 Å². The zero-order valence-corrected chi connectivity index (χ0v) is 11.1. The Morgan fingerprint density at radius 2 is 2.17 bits per heavy atom. The van der Waals surface area contributed by atoms with Crippen molar-refractivity contribution in [1.29, 1.82) is 0 Å². The Balaban J connectivity index is 2.04. The van der Waals surface area contributed by atoms with Crippen molar-refractivity contribution in [3.63, 3.8) is 0 Å². The van der Waals surface area contributed by atoms with Crippen molar-refractivity contribution in [1.82, 2.24) is 4.90 Å². The quantitative estimate of drug-likeness (QED) is 0.745. The lowest BCUT2D eigenvalue weighted by Crippen LogP contribution is -2.36. The first-order valence-corrected chi connectivity index (χ1v) is 6.42. The molecule has 18 heavy (non-hydrogen) atoms. The van der Waals surface area contributed by atoms with Crippen LogP contribution in [0.3, 0.4) is 0 Å². The van der Waals surface area contributed by atoms with E-state index in [-0.39, 0.29) is 5.41 Å². The summed E-state index contributed by atoms with van der Waals surface area (Å²) in [6.45, 7) is 5.31. The lowest BCUT2D eigenvalue weighted by Gasteiger charge is -2.25. The minimum absolute atomic E-state index is 0.330. The highest BCUT2D eigenvalue weighted by Gasteiger charge is 2.44. The van der Waals surface area contributed by atoms with E-state index in [9.17, 15) is 4.79 Å². The molecule has 0 radical (unpaired) electrons. The molecular weight excluding hydrogens is 226 g/mol. The Kier molecular flexibility index (Phi) is 4.15. The van der Waals surface area contributed by atoms with Crippen LogP contribution in [0.2, 0.25) is 0 Å². The average Bonchev–Trinajstić information content (AvgIpc) is 2.68. The van der Waals surface area contributed by atoms with E-state index in [2.05, 4.69) is 36.1 Å². The molecule has 3 heteroatoms. The largest absolute Gasteiger partial charge is 0.384 e. The summed E-state index contributed by atoms with van der Waals surface area (Å²) >= 11 is 0. The molecule has 0 N–H and O–H groups in total. The molecule has 1 aromatic rings. The number of methoxy groups -OCH3 is 1. The molecule has 1 aromatic carbocycles. The number of carbonyl (C=O) groups is 1. The molecule has 0 saturated carbocycles. The average molecular weight is 247 g/mol. The number of benzene rings is 1. The van der Waals surface area contributed by atoms with Gasteiger partial charge < -0.3 is 9.53 Å². The molecule has 2 unspecified atom stereocenters. The number of aldehydes is 1. The standard InChI is InChI=1S/C15H21NO2/c1-13-8-16(9-14-6-4-3-5-7-14)10-15(13,11-17)12-18-2/h3-7,11,13H,8-10,12H2,1-2H3. The second kappa shape index (κ2) is 5.63.